The molecule has 3 aromatic rings. The van der Waals surface area contributed by atoms with E-state index in [1.807, 2.05) is 36.4 Å². The zero-order valence-corrected chi connectivity index (χ0v) is 12.0. The van der Waals surface area contributed by atoms with E-state index in [0.29, 0.717) is 0 Å². The van der Waals surface area contributed by atoms with Crippen LogP contribution in [0.3, 0.4) is 0 Å². The van der Waals surface area contributed by atoms with Crippen molar-refractivity contribution in [2.24, 2.45) is 0 Å². The molecule has 102 valence electrons. The molecule has 0 saturated carbocycles. The molecule has 3 rings (SSSR count). The van der Waals surface area contributed by atoms with Crippen molar-refractivity contribution in [3.8, 4) is 11.5 Å². The summed E-state index contributed by atoms with van der Waals surface area (Å²) in [7, 11) is 3.29. The minimum atomic E-state index is 0.755. The van der Waals surface area contributed by atoms with E-state index >= 15 is 0 Å². The highest BCUT2D eigenvalue weighted by Crippen LogP contribution is 2.34. The van der Waals surface area contributed by atoms with E-state index < -0.39 is 0 Å². The van der Waals surface area contributed by atoms with Gasteiger partial charge in [-0.05, 0) is 24.3 Å². The molecule has 2 aromatic carbocycles. The lowest BCUT2D eigenvalue weighted by molar-refractivity contribution is 0.405. The van der Waals surface area contributed by atoms with E-state index in [1.54, 1.807) is 25.6 Å². The summed E-state index contributed by atoms with van der Waals surface area (Å²) in [5.41, 5.74) is 1.83. The second-order valence-corrected chi connectivity index (χ2v) is 5.21. The monoisotopic (exact) mass is 286 g/mol. The van der Waals surface area contributed by atoms with Gasteiger partial charge in [-0.2, -0.15) is 0 Å². The van der Waals surface area contributed by atoms with Crippen LogP contribution in [0.1, 0.15) is 0 Å². The van der Waals surface area contributed by atoms with Crippen LogP contribution >= 0.6 is 11.3 Å². The Bertz CT molecular complexity index is 707. The van der Waals surface area contributed by atoms with Gasteiger partial charge in [0.2, 0.25) is 0 Å². The predicted molar refractivity (Wildman–Crippen MR) is 82.4 cm³/mol. The fraction of sp³-hybridized carbons (Fsp3) is 0.133. The lowest BCUT2D eigenvalue weighted by Gasteiger charge is -2.10. The fourth-order valence-corrected chi connectivity index (χ4v) is 2.83. The minimum Gasteiger partial charge on any atom is -0.497 e. The number of thiazole rings is 1. The molecule has 4 nitrogen and oxygen atoms in total. The van der Waals surface area contributed by atoms with E-state index in [0.717, 1.165) is 32.5 Å². The lowest BCUT2D eigenvalue weighted by atomic mass is 10.2. The molecule has 1 N–H and O–H groups in total. The number of nitrogens with zero attached hydrogens (tertiary/aromatic N) is 1. The summed E-state index contributed by atoms with van der Waals surface area (Å²) in [6.07, 6.45) is 0. The Morgan fingerprint density at radius 1 is 1.05 bits per heavy atom. The van der Waals surface area contributed by atoms with Gasteiger partial charge in [0.05, 0.1) is 30.1 Å². The van der Waals surface area contributed by atoms with Crippen molar-refractivity contribution in [1.82, 2.24) is 4.98 Å². The summed E-state index contributed by atoms with van der Waals surface area (Å²) < 4.78 is 11.7. The average molecular weight is 286 g/mol. The zero-order valence-electron chi connectivity index (χ0n) is 11.2. The van der Waals surface area contributed by atoms with Crippen LogP contribution in [0.15, 0.2) is 42.5 Å². The number of ether oxygens (including phenoxy) is 2. The highest BCUT2D eigenvalue weighted by Gasteiger charge is 2.08. The second kappa shape index (κ2) is 5.38. The predicted octanol–water partition coefficient (Wildman–Crippen LogP) is 4.06. The molecule has 0 bridgehead atoms. The van der Waals surface area contributed by atoms with Crippen LogP contribution in [0, 0.1) is 0 Å². The number of benzene rings is 2. The summed E-state index contributed by atoms with van der Waals surface area (Å²) in [4.78, 5) is 4.55. The van der Waals surface area contributed by atoms with Crippen molar-refractivity contribution < 1.29 is 9.47 Å². The van der Waals surface area contributed by atoms with Crippen molar-refractivity contribution in [2.45, 2.75) is 0 Å². The minimum absolute atomic E-state index is 0.755. The summed E-state index contributed by atoms with van der Waals surface area (Å²) in [5, 5.41) is 4.12. The third-order valence-electron chi connectivity index (χ3n) is 2.94. The number of rotatable bonds is 4. The zero-order chi connectivity index (χ0) is 13.9. The van der Waals surface area contributed by atoms with Crippen molar-refractivity contribution >= 4 is 32.4 Å². The number of methoxy groups -OCH3 is 2. The van der Waals surface area contributed by atoms with Crippen molar-refractivity contribution in [1.29, 1.82) is 0 Å². The smallest absolute Gasteiger partial charge is 0.188 e. The molecule has 0 unspecified atom stereocenters. The number of anilines is 2. The highest BCUT2D eigenvalue weighted by molar-refractivity contribution is 7.22. The summed E-state index contributed by atoms with van der Waals surface area (Å²) >= 11 is 1.61. The van der Waals surface area contributed by atoms with Crippen LogP contribution in [0.4, 0.5) is 10.8 Å². The fourth-order valence-electron chi connectivity index (χ4n) is 1.95. The van der Waals surface area contributed by atoms with Gasteiger partial charge in [-0.3, -0.25) is 0 Å². The number of para-hydroxylation sites is 1. The molecule has 1 heterocycles. The molecule has 0 amide bonds. The molecular weight excluding hydrogens is 272 g/mol. The first kappa shape index (κ1) is 12.7. The van der Waals surface area contributed by atoms with Crippen LogP contribution in [-0.2, 0) is 0 Å². The SMILES string of the molecule is COc1ccc(OC)c(Nc2nc3ccccc3s2)c1. The Morgan fingerprint density at radius 3 is 2.65 bits per heavy atom. The summed E-state index contributed by atoms with van der Waals surface area (Å²) in [6.45, 7) is 0. The van der Waals surface area contributed by atoms with E-state index in [-0.39, 0.29) is 0 Å². The molecule has 20 heavy (non-hydrogen) atoms. The first-order valence-corrected chi connectivity index (χ1v) is 6.96. The molecule has 5 heteroatoms. The third-order valence-corrected chi connectivity index (χ3v) is 3.89. The van der Waals surface area contributed by atoms with Crippen molar-refractivity contribution in [3.63, 3.8) is 0 Å². The Kier molecular flexibility index (Phi) is 3.43. The normalized spacial score (nSPS) is 10.5. The molecule has 0 radical (unpaired) electrons. The summed E-state index contributed by atoms with van der Waals surface area (Å²) in [5.74, 6) is 1.53. The molecule has 0 spiro atoms. The largest absolute Gasteiger partial charge is 0.497 e. The molecule has 0 aliphatic carbocycles. The van der Waals surface area contributed by atoms with Gasteiger partial charge in [0.25, 0.3) is 0 Å². The van der Waals surface area contributed by atoms with Gasteiger partial charge in [-0.25, -0.2) is 4.98 Å². The van der Waals surface area contributed by atoms with Crippen molar-refractivity contribution in [3.05, 3.63) is 42.5 Å². The average Bonchev–Trinajstić information content (AvgIpc) is 2.89. The lowest BCUT2D eigenvalue weighted by Crippen LogP contribution is -1.95. The molecule has 0 saturated heterocycles. The van der Waals surface area contributed by atoms with Gasteiger partial charge in [0.15, 0.2) is 5.13 Å². The topological polar surface area (TPSA) is 43.4 Å². The number of aromatic nitrogens is 1. The van der Waals surface area contributed by atoms with E-state index in [1.165, 1.54) is 0 Å². The quantitative estimate of drug-likeness (QED) is 0.785. The first-order valence-electron chi connectivity index (χ1n) is 6.15. The van der Waals surface area contributed by atoms with Crippen molar-refractivity contribution in [2.75, 3.05) is 19.5 Å². The molecule has 0 fully saturated rings. The Balaban J connectivity index is 1.97. The Morgan fingerprint density at radius 2 is 1.90 bits per heavy atom. The maximum Gasteiger partial charge on any atom is 0.188 e. The van der Waals surface area contributed by atoms with Crippen LogP contribution in [0.5, 0.6) is 11.5 Å². The van der Waals surface area contributed by atoms with Gasteiger partial charge in [-0.1, -0.05) is 23.5 Å². The third kappa shape index (κ3) is 2.40. The summed E-state index contributed by atoms with van der Waals surface area (Å²) in [6, 6.07) is 13.7. The number of nitrogens with one attached hydrogen (secondary N) is 1. The Labute approximate surface area is 121 Å². The maximum atomic E-state index is 5.35. The van der Waals surface area contributed by atoms with E-state index in [4.69, 9.17) is 9.47 Å². The van der Waals surface area contributed by atoms with Crippen LogP contribution < -0.4 is 14.8 Å². The standard InChI is InChI=1S/C15H14N2O2S/c1-18-10-7-8-13(19-2)12(9-10)17-15-16-11-5-3-4-6-14(11)20-15/h3-9H,1-2H3,(H,16,17). The molecule has 0 atom stereocenters. The molecular formula is C15H14N2O2S. The number of fused-ring (bicyclic) bond motifs is 1. The van der Waals surface area contributed by atoms with E-state index in [2.05, 4.69) is 16.4 Å². The van der Waals surface area contributed by atoms with Gasteiger partial charge in [0.1, 0.15) is 11.5 Å². The molecule has 1 aromatic heterocycles. The molecule has 0 aliphatic heterocycles. The van der Waals surface area contributed by atoms with Crippen LogP contribution in [0.2, 0.25) is 0 Å². The van der Waals surface area contributed by atoms with Crippen LogP contribution in [0.25, 0.3) is 10.2 Å². The first-order chi connectivity index (χ1) is 9.80. The second-order valence-electron chi connectivity index (χ2n) is 4.18. The van der Waals surface area contributed by atoms with Gasteiger partial charge < -0.3 is 14.8 Å². The maximum absolute atomic E-state index is 5.35. The number of hydrogen-bond donors (Lipinski definition) is 1. The van der Waals surface area contributed by atoms with Gasteiger partial charge >= 0.3 is 0 Å². The van der Waals surface area contributed by atoms with Gasteiger partial charge in [0, 0.05) is 6.07 Å². The highest BCUT2D eigenvalue weighted by atomic mass is 32.1. The van der Waals surface area contributed by atoms with E-state index in [9.17, 15) is 0 Å². The van der Waals surface area contributed by atoms with Crippen LogP contribution in [-0.4, -0.2) is 19.2 Å². The van der Waals surface area contributed by atoms with Gasteiger partial charge in [-0.15, -0.1) is 0 Å². The molecule has 0 aliphatic rings. The number of hydrogen-bond acceptors (Lipinski definition) is 5. The Hall–Kier alpha value is -2.27.